The highest BCUT2D eigenvalue weighted by molar-refractivity contribution is 5.20. The maximum atomic E-state index is 5.54. The number of aryl methyl sites for hydroxylation is 1. The van der Waals surface area contributed by atoms with E-state index in [0.717, 1.165) is 0 Å². The third kappa shape index (κ3) is 4.42. The van der Waals surface area contributed by atoms with Crippen LogP contribution in [0.3, 0.4) is 0 Å². The molecular weight excluding hydrogens is 188 g/mol. The number of ether oxygens (including phenoxy) is 1. The van der Waals surface area contributed by atoms with Gasteiger partial charge in [0.2, 0.25) is 0 Å². The van der Waals surface area contributed by atoms with Crippen LogP contribution in [0.15, 0.2) is 24.3 Å². The third-order valence-corrected chi connectivity index (χ3v) is 2.41. The zero-order chi connectivity index (χ0) is 11.1. The molecule has 0 atom stereocenters. The summed E-state index contributed by atoms with van der Waals surface area (Å²) in [6.45, 7) is 4.52. The molecule has 84 valence electrons. The molecule has 15 heavy (non-hydrogen) atoms. The molecule has 0 unspecified atom stereocenters. The van der Waals surface area contributed by atoms with E-state index < -0.39 is 0 Å². The Morgan fingerprint density at radius 1 is 1.13 bits per heavy atom. The molecule has 3 heteroatoms. The molecular formula is C12H20N2O. The summed E-state index contributed by atoms with van der Waals surface area (Å²) in [5.41, 5.74) is 13.5. The van der Waals surface area contributed by atoms with Crippen LogP contribution in [0.2, 0.25) is 0 Å². The summed E-state index contributed by atoms with van der Waals surface area (Å²) in [6, 6.07) is 8.33. The van der Waals surface area contributed by atoms with Gasteiger partial charge >= 0.3 is 0 Å². The minimum absolute atomic E-state index is 0.274. The Labute approximate surface area is 91.4 Å². The molecule has 0 aliphatic heterocycles. The van der Waals surface area contributed by atoms with Gasteiger partial charge in [0.1, 0.15) is 0 Å². The zero-order valence-corrected chi connectivity index (χ0v) is 9.28. The second-order valence-corrected chi connectivity index (χ2v) is 3.84. The lowest BCUT2D eigenvalue weighted by Gasteiger charge is -2.12. The molecule has 0 bridgehead atoms. The lowest BCUT2D eigenvalue weighted by molar-refractivity contribution is 0.0915. The number of rotatable bonds is 6. The molecule has 1 rings (SSSR count). The average molecular weight is 208 g/mol. The molecule has 0 radical (unpaired) electrons. The number of nitrogens with two attached hydrogens (primary N) is 2. The highest BCUT2D eigenvalue weighted by Gasteiger charge is 2.03. The SMILES string of the molecule is Cc1ccc(COCC(CN)CN)cc1. The zero-order valence-electron chi connectivity index (χ0n) is 9.28. The Kier molecular flexibility index (Phi) is 5.32. The average Bonchev–Trinajstić information content (AvgIpc) is 2.27. The molecule has 4 N–H and O–H groups in total. The van der Waals surface area contributed by atoms with Gasteiger partial charge in [-0.25, -0.2) is 0 Å². The van der Waals surface area contributed by atoms with Crippen molar-refractivity contribution >= 4 is 0 Å². The van der Waals surface area contributed by atoms with Crippen LogP contribution in [0.1, 0.15) is 11.1 Å². The molecule has 0 spiro atoms. The van der Waals surface area contributed by atoms with E-state index in [1.807, 2.05) is 0 Å². The van der Waals surface area contributed by atoms with E-state index in [9.17, 15) is 0 Å². The molecule has 0 heterocycles. The second-order valence-electron chi connectivity index (χ2n) is 3.84. The fourth-order valence-corrected chi connectivity index (χ4v) is 1.26. The number of hydrogen-bond acceptors (Lipinski definition) is 3. The minimum atomic E-state index is 0.274. The highest BCUT2D eigenvalue weighted by atomic mass is 16.5. The van der Waals surface area contributed by atoms with Crippen molar-refractivity contribution in [2.75, 3.05) is 19.7 Å². The first-order chi connectivity index (χ1) is 7.26. The molecule has 0 aromatic heterocycles. The molecule has 0 fully saturated rings. The van der Waals surface area contributed by atoms with Crippen molar-refractivity contribution in [1.82, 2.24) is 0 Å². The molecule has 0 amide bonds. The lowest BCUT2D eigenvalue weighted by Crippen LogP contribution is -2.27. The van der Waals surface area contributed by atoms with E-state index >= 15 is 0 Å². The van der Waals surface area contributed by atoms with Gasteiger partial charge in [-0.05, 0) is 25.6 Å². The maximum absolute atomic E-state index is 5.54. The van der Waals surface area contributed by atoms with Gasteiger partial charge in [-0.15, -0.1) is 0 Å². The number of hydrogen-bond donors (Lipinski definition) is 2. The standard InChI is InChI=1S/C12H20N2O/c1-10-2-4-11(5-3-10)8-15-9-12(6-13)7-14/h2-5,12H,6-9,13-14H2,1H3. The van der Waals surface area contributed by atoms with E-state index in [1.54, 1.807) is 0 Å². The van der Waals surface area contributed by atoms with E-state index in [4.69, 9.17) is 16.2 Å². The van der Waals surface area contributed by atoms with Gasteiger partial charge in [0.25, 0.3) is 0 Å². The molecule has 1 aromatic carbocycles. The first-order valence-corrected chi connectivity index (χ1v) is 5.29. The van der Waals surface area contributed by atoms with Gasteiger partial charge in [0, 0.05) is 5.92 Å². The summed E-state index contributed by atoms with van der Waals surface area (Å²) in [7, 11) is 0. The summed E-state index contributed by atoms with van der Waals surface area (Å²) in [4.78, 5) is 0. The van der Waals surface area contributed by atoms with Gasteiger partial charge in [0.05, 0.1) is 13.2 Å². The quantitative estimate of drug-likeness (QED) is 0.734. The van der Waals surface area contributed by atoms with E-state index in [2.05, 4.69) is 31.2 Å². The fourth-order valence-electron chi connectivity index (χ4n) is 1.26. The largest absolute Gasteiger partial charge is 0.376 e. The molecule has 0 aliphatic rings. The van der Waals surface area contributed by atoms with Crippen LogP contribution in [0, 0.1) is 12.8 Å². The van der Waals surface area contributed by atoms with Crippen molar-refractivity contribution in [2.45, 2.75) is 13.5 Å². The van der Waals surface area contributed by atoms with Crippen molar-refractivity contribution < 1.29 is 4.74 Å². The van der Waals surface area contributed by atoms with Crippen LogP contribution in [-0.2, 0) is 11.3 Å². The van der Waals surface area contributed by atoms with Crippen LogP contribution in [0.25, 0.3) is 0 Å². The van der Waals surface area contributed by atoms with Crippen LogP contribution < -0.4 is 11.5 Å². The Bertz CT molecular complexity index is 267. The first kappa shape index (κ1) is 12.2. The lowest BCUT2D eigenvalue weighted by atomic mass is 10.1. The van der Waals surface area contributed by atoms with Crippen LogP contribution in [-0.4, -0.2) is 19.7 Å². The molecule has 1 aromatic rings. The normalized spacial score (nSPS) is 10.9. The van der Waals surface area contributed by atoms with Crippen molar-refractivity contribution in [2.24, 2.45) is 17.4 Å². The monoisotopic (exact) mass is 208 g/mol. The smallest absolute Gasteiger partial charge is 0.0717 e. The van der Waals surface area contributed by atoms with E-state index in [1.165, 1.54) is 11.1 Å². The minimum Gasteiger partial charge on any atom is -0.376 e. The Hall–Kier alpha value is -0.900. The van der Waals surface area contributed by atoms with E-state index in [-0.39, 0.29) is 5.92 Å². The third-order valence-electron chi connectivity index (χ3n) is 2.41. The Balaban J connectivity index is 2.28. The Morgan fingerprint density at radius 2 is 1.73 bits per heavy atom. The second kappa shape index (κ2) is 6.56. The summed E-state index contributed by atoms with van der Waals surface area (Å²) < 4.78 is 5.54. The number of benzene rings is 1. The summed E-state index contributed by atoms with van der Waals surface area (Å²) >= 11 is 0. The first-order valence-electron chi connectivity index (χ1n) is 5.29. The molecule has 0 saturated carbocycles. The summed E-state index contributed by atoms with van der Waals surface area (Å²) in [5.74, 6) is 0.274. The molecule has 0 saturated heterocycles. The molecule has 0 aliphatic carbocycles. The topological polar surface area (TPSA) is 61.3 Å². The van der Waals surface area contributed by atoms with Gasteiger partial charge < -0.3 is 16.2 Å². The fraction of sp³-hybridized carbons (Fsp3) is 0.500. The van der Waals surface area contributed by atoms with E-state index in [0.29, 0.717) is 26.3 Å². The summed E-state index contributed by atoms with van der Waals surface area (Å²) in [5, 5.41) is 0. The van der Waals surface area contributed by atoms with Crippen LogP contribution in [0.4, 0.5) is 0 Å². The molecule has 3 nitrogen and oxygen atoms in total. The predicted molar refractivity (Wildman–Crippen MR) is 62.4 cm³/mol. The predicted octanol–water partition coefficient (Wildman–Crippen LogP) is 1.05. The van der Waals surface area contributed by atoms with Crippen molar-refractivity contribution in [3.63, 3.8) is 0 Å². The van der Waals surface area contributed by atoms with Crippen LogP contribution in [0.5, 0.6) is 0 Å². The van der Waals surface area contributed by atoms with Crippen molar-refractivity contribution in [3.8, 4) is 0 Å². The van der Waals surface area contributed by atoms with Gasteiger partial charge in [-0.2, -0.15) is 0 Å². The van der Waals surface area contributed by atoms with Gasteiger partial charge in [0.15, 0.2) is 0 Å². The summed E-state index contributed by atoms with van der Waals surface area (Å²) in [6.07, 6.45) is 0. The van der Waals surface area contributed by atoms with Crippen LogP contribution >= 0.6 is 0 Å². The van der Waals surface area contributed by atoms with Crippen molar-refractivity contribution in [3.05, 3.63) is 35.4 Å². The van der Waals surface area contributed by atoms with Gasteiger partial charge in [-0.3, -0.25) is 0 Å². The van der Waals surface area contributed by atoms with Crippen molar-refractivity contribution in [1.29, 1.82) is 0 Å². The Morgan fingerprint density at radius 3 is 2.27 bits per heavy atom. The maximum Gasteiger partial charge on any atom is 0.0717 e. The van der Waals surface area contributed by atoms with Gasteiger partial charge in [-0.1, -0.05) is 29.8 Å². The highest BCUT2D eigenvalue weighted by Crippen LogP contribution is 2.05.